The van der Waals surface area contributed by atoms with Gasteiger partial charge in [-0.1, -0.05) is 19.3 Å². The van der Waals surface area contributed by atoms with Crippen LogP contribution >= 0.6 is 0 Å². The maximum atomic E-state index is 10.4. The molecule has 0 atom stereocenters. The molecule has 1 aliphatic carbocycles. The third-order valence-corrected chi connectivity index (χ3v) is 3.25. The van der Waals surface area contributed by atoms with E-state index in [-0.39, 0.29) is 6.42 Å². The number of carboxylic acid groups (broad SMARTS) is 1. The zero-order chi connectivity index (χ0) is 12.1. The van der Waals surface area contributed by atoms with E-state index in [0.29, 0.717) is 24.1 Å². The van der Waals surface area contributed by atoms with Crippen molar-refractivity contribution in [2.45, 2.75) is 51.4 Å². The second kappa shape index (κ2) is 5.80. The van der Waals surface area contributed by atoms with Crippen LogP contribution in [0, 0.1) is 5.92 Å². The van der Waals surface area contributed by atoms with Gasteiger partial charge in [0.2, 0.25) is 11.8 Å². The Morgan fingerprint density at radius 2 is 1.94 bits per heavy atom. The summed E-state index contributed by atoms with van der Waals surface area (Å²) in [6.45, 7) is 0. The summed E-state index contributed by atoms with van der Waals surface area (Å²) in [4.78, 5) is 10.4. The van der Waals surface area contributed by atoms with E-state index in [1.807, 2.05) is 0 Å². The number of rotatable bonds is 5. The van der Waals surface area contributed by atoms with Gasteiger partial charge in [0, 0.05) is 12.8 Å². The van der Waals surface area contributed by atoms with Gasteiger partial charge in [0.05, 0.1) is 6.42 Å². The molecule has 0 bridgehead atoms. The van der Waals surface area contributed by atoms with Gasteiger partial charge in [-0.05, 0) is 18.8 Å². The second-order valence-electron chi connectivity index (χ2n) is 4.69. The van der Waals surface area contributed by atoms with E-state index in [2.05, 4.69) is 10.2 Å². The molecule has 5 heteroatoms. The lowest BCUT2D eigenvalue weighted by molar-refractivity contribution is -0.137. The predicted octanol–water partition coefficient (Wildman–Crippen LogP) is 2.21. The summed E-state index contributed by atoms with van der Waals surface area (Å²) in [5, 5.41) is 16.4. The molecule has 0 saturated heterocycles. The fourth-order valence-electron chi connectivity index (χ4n) is 2.32. The fourth-order valence-corrected chi connectivity index (χ4v) is 2.32. The molecule has 5 nitrogen and oxygen atoms in total. The summed E-state index contributed by atoms with van der Waals surface area (Å²) >= 11 is 0. The summed E-state index contributed by atoms with van der Waals surface area (Å²) in [5.74, 6) is 0.934. The Labute approximate surface area is 100 Å². The van der Waals surface area contributed by atoms with Crippen molar-refractivity contribution in [3.05, 3.63) is 11.8 Å². The van der Waals surface area contributed by atoms with Crippen molar-refractivity contribution in [1.29, 1.82) is 0 Å². The van der Waals surface area contributed by atoms with Gasteiger partial charge in [-0.3, -0.25) is 4.79 Å². The zero-order valence-corrected chi connectivity index (χ0v) is 9.89. The van der Waals surface area contributed by atoms with E-state index in [1.54, 1.807) is 0 Å². The molecule has 2 rings (SSSR count). The SMILES string of the molecule is O=C(O)CCc1nnc(CC2CCCCC2)o1. The number of aliphatic carboxylic acids is 1. The molecule has 17 heavy (non-hydrogen) atoms. The molecule has 1 aliphatic rings. The van der Waals surface area contributed by atoms with E-state index in [1.165, 1.54) is 32.1 Å². The van der Waals surface area contributed by atoms with Crippen LogP contribution in [0.25, 0.3) is 0 Å². The van der Waals surface area contributed by atoms with Crippen molar-refractivity contribution >= 4 is 5.97 Å². The summed E-state index contributed by atoms with van der Waals surface area (Å²) in [7, 11) is 0. The van der Waals surface area contributed by atoms with Crippen molar-refractivity contribution in [3.63, 3.8) is 0 Å². The lowest BCUT2D eigenvalue weighted by Gasteiger charge is -2.19. The first-order valence-electron chi connectivity index (χ1n) is 6.27. The number of hydrogen-bond donors (Lipinski definition) is 1. The normalized spacial score (nSPS) is 17.2. The molecular weight excluding hydrogens is 220 g/mol. The molecule has 0 spiro atoms. The molecule has 1 N–H and O–H groups in total. The molecular formula is C12H18N2O3. The first-order valence-corrected chi connectivity index (χ1v) is 6.27. The van der Waals surface area contributed by atoms with Crippen molar-refractivity contribution in [3.8, 4) is 0 Å². The van der Waals surface area contributed by atoms with Crippen molar-refractivity contribution < 1.29 is 14.3 Å². The van der Waals surface area contributed by atoms with Gasteiger partial charge in [0.25, 0.3) is 0 Å². The molecule has 1 aromatic heterocycles. The van der Waals surface area contributed by atoms with E-state index in [4.69, 9.17) is 9.52 Å². The van der Waals surface area contributed by atoms with E-state index in [9.17, 15) is 4.79 Å². The van der Waals surface area contributed by atoms with E-state index < -0.39 is 5.97 Å². The van der Waals surface area contributed by atoms with Crippen molar-refractivity contribution in [2.24, 2.45) is 5.92 Å². The second-order valence-corrected chi connectivity index (χ2v) is 4.69. The van der Waals surface area contributed by atoms with Crippen LogP contribution in [0.3, 0.4) is 0 Å². The van der Waals surface area contributed by atoms with Gasteiger partial charge < -0.3 is 9.52 Å². The van der Waals surface area contributed by atoms with Crippen LogP contribution in [-0.2, 0) is 17.6 Å². The van der Waals surface area contributed by atoms with E-state index in [0.717, 1.165) is 6.42 Å². The van der Waals surface area contributed by atoms with Crippen LogP contribution in [0.15, 0.2) is 4.42 Å². The summed E-state index contributed by atoms with van der Waals surface area (Å²) in [5.41, 5.74) is 0. The monoisotopic (exact) mass is 238 g/mol. The molecule has 0 aliphatic heterocycles. The van der Waals surface area contributed by atoms with Gasteiger partial charge in [-0.15, -0.1) is 10.2 Å². The number of aromatic nitrogens is 2. The van der Waals surface area contributed by atoms with Crippen LogP contribution in [0.4, 0.5) is 0 Å². The summed E-state index contributed by atoms with van der Waals surface area (Å²) in [6, 6.07) is 0. The Morgan fingerprint density at radius 1 is 1.24 bits per heavy atom. The highest BCUT2D eigenvalue weighted by atomic mass is 16.4. The molecule has 1 aromatic rings. The lowest BCUT2D eigenvalue weighted by Crippen LogP contribution is -2.09. The average Bonchev–Trinajstić information content (AvgIpc) is 2.75. The van der Waals surface area contributed by atoms with Crippen LogP contribution in [0.2, 0.25) is 0 Å². The highest BCUT2D eigenvalue weighted by Gasteiger charge is 2.17. The number of carbonyl (C=O) groups is 1. The van der Waals surface area contributed by atoms with Crippen LogP contribution in [0.1, 0.15) is 50.3 Å². The number of nitrogens with zero attached hydrogens (tertiary/aromatic N) is 2. The molecule has 1 saturated carbocycles. The minimum atomic E-state index is -0.836. The number of aryl methyl sites for hydroxylation is 1. The molecule has 0 unspecified atom stereocenters. The first kappa shape index (κ1) is 12.1. The van der Waals surface area contributed by atoms with E-state index >= 15 is 0 Å². The number of hydrogen-bond acceptors (Lipinski definition) is 4. The van der Waals surface area contributed by atoms with Gasteiger partial charge >= 0.3 is 5.97 Å². The minimum Gasteiger partial charge on any atom is -0.481 e. The molecule has 1 fully saturated rings. The molecule has 1 heterocycles. The highest BCUT2D eigenvalue weighted by molar-refractivity contribution is 5.66. The molecule has 0 aromatic carbocycles. The fraction of sp³-hybridized carbons (Fsp3) is 0.750. The number of carboxylic acids is 1. The lowest BCUT2D eigenvalue weighted by atomic mass is 9.87. The van der Waals surface area contributed by atoms with Crippen LogP contribution < -0.4 is 0 Å². The largest absolute Gasteiger partial charge is 0.481 e. The third-order valence-electron chi connectivity index (χ3n) is 3.25. The first-order chi connectivity index (χ1) is 8.24. The van der Waals surface area contributed by atoms with Crippen molar-refractivity contribution in [2.75, 3.05) is 0 Å². The smallest absolute Gasteiger partial charge is 0.303 e. The Hall–Kier alpha value is -1.39. The topological polar surface area (TPSA) is 76.2 Å². The quantitative estimate of drug-likeness (QED) is 0.851. The molecule has 0 amide bonds. The maximum Gasteiger partial charge on any atom is 0.303 e. The van der Waals surface area contributed by atoms with Crippen LogP contribution in [-0.4, -0.2) is 21.3 Å². The van der Waals surface area contributed by atoms with Crippen molar-refractivity contribution in [1.82, 2.24) is 10.2 Å². The Kier molecular flexibility index (Phi) is 4.12. The average molecular weight is 238 g/mol. The van der Waals surface area contributed by atoms with Gasteiger partial charge in [0.1, 0.15) is 0 Å². The highest BCUT2D eigenvalue weighted by Crippen LogP contribution is 2.26. The van der Waals surface area contributed by atoms with Gasteiger partial charge in [-0.2, -0.15) is 0 Å². The summed E-state index contributed by atoms with van der Waals surface area (Å²) in [6.07, 6.45) is 7.64. The Morgan fingerprint density at radius 3 is 2.65 bits per heavy atom. The zero-order valence-electron chi connectivity index (χ0n) is 9.89. The standard InChI is InChI=1S/C12H18N2O3/c15-12(16)7-6-10-13-14-11(17-10)8-9-4-2-1-3-5-9/h9H,1-8H2,(H,15,16). The van der Waals surface area contributed by atoms with Gasteiger partial charge in [-0.25, -0.2) is 0 Å². The maximum absolute atomic E-state index is 10.4. The molecule has 0 radical (unpaired) electrons. The Bertz CT molecular complexity index is 370. The third kappa shape index (κ3) is 3.84. The molecule has 94 valence electrons. The van der Waals surface area contributed by atoms with Gasteiger partial charge in [0.15, 0.2) is 0 Å². The predicted molar refractivity (Wildman–Crippen MR) is 60.5 cm³/mol. The Balaban J connectivity index is 1.82. The minimum absolute atomic E-state index is 0.0467. The summed E-state index contributed by atoms with van der Waals surface area (Å²) < 4.78 is 5.45. The van der Waals surface area contributed by atoms with Crippen LogP contribution in [0.5, 0.6) is 0 Å².